The molecule has 0 saturated heterocycles. The third kappa shape index (κ3) is 4.74. The van der Waals surface area contributed by atoms with E-state index < -0.39 is 5.97 Å². The van der Waals surface area contributed by atoms with Crippen LogP contribution in [0.2, 0.25) is 0 Å². The minimum absolute atomic E-state index is 0.0522. The SMILES string of the molecule is Cc1cnc(NC(=O)NCCCC(=O)O)s1. The molecule has 1 heterocycles. The molecule has 0 aromatic carbocycles. The molecule has 0 atom stereocenters. The van der Waals surface area contributed by atoms with Gasteiger partial charge in [0.1, 0.15) is 0 Å². The predicted molar refractivity (Wildman–Crippen MR) is 60.7 cm³/mol. The van der Waals surface area contributed by atoms with Crippen LogP contribution in [0, 0.1) is 6.92 Å². The van der Waals surface area contributed by atoms with Crippen molar-refractivity contribution in [3.63, 3.8) is 0 Å². The third-order valence-corrected chi connectivity index (χ3v) is 2.52. The summed E-state index contributed by atoms with van der Waals surface area (Å²) in [5.41, 5.74) is 0. The normalized spacial score (nSPS) is 9.81. The standard InChI is InChI=1S/C9H13N3O3S/c1-6-5-11-9(16-6)12-8(15)10-4-2-3-7(13)14/h5H,2-4H2,1H3,(H,13,14)(H2,10,11,12,15). The summed E-state index contributed by atoms with van der Waals surface area (Å²) in [6.45, 7) is 2.23. The average molecular weight is 243 g/mol. The van der Waals surface area contributed by atoms with Crippen LogP contribution in [0.3, 0.4) is 0 Å². The van der Waals surface area contributed by atoms with Gasteiger partial charge in [0.25, 0.3) is 0 Å². The van der Waals surface area contributed by atoms with E-state index in [-0.39, 0.29) is 12.5 Å². The number of nitrogens with zero attached hydrogens (tertiary/aromatic N) is 1. The lowest BCUT2D eigenvalue weighted by atomic mass is 10.3. The average Bonchev–Trinajstić information content (AvgIpc) is 2.58. The van der Waals surface area contributed by atoms with Crippen LogP contribution in [0.4, 0.5) is 9.93 Å². The van der Waals surface area contributed by atoms with Crippen molar-refractivity contribution in [2.75, 3.05) is 11.9 Å². The van der Waals surface area contributed by atoms with Crippen LogP contribution >= 0.6 is 11.3 Å². The lowest BCUT2D eigenvalue weighted by molar-refractivity contribution is -0.137. The number of hydrogen-bond acceptors (Lipinski definition) is 4. The number of rotatable bonds is 5. The number of anilines is 1. The molecule has 2 amide bonds. The largest absolute Gasteiger partial charge is 0.481 e. The molecule has 0 saturated carbocycles. The van der Waals surface area contributed by atoms with Gasteiger partial charge in [-0.1, -0.05) is 0 Å². The van der Waals surface area contributed by atoms with Crippen LogP contribution in [0.1, 0.15) is 17.7 Å². The quantitative estimate of drug-likeness (QED) is 0.682. The molecule has 0 bridgehead atoms. The maximum Gasteiger partial charge on any atom is 0.321 e. The molecule has 1 aromatic heterocycles. The Morgan fingerprint density at radius 1 is 1.56 bits per heavy atom. The Kier molecular flexibility index (Phi) is 4.71. The van der Waals surface area contributed by atoms with E-state index in [0.29, 0.717) is 18.1 Å². The van der Waals surface area contributed by atoms with Gasteiger partial charge in [-0.15, -0.1) is 11.3 Å². The molecule has 0 unspecified atom stereocenters. The number of amides is 2. The monoisotopic (exact) mass is 243 g/mol. The van der Waals surface area contributed by atoms with E-state index in [9.17, 15) is 9.59 Å². The second-order valence-corrected chi connectivity index (χ2v) is 4.39. The number of carbonyl (C=O) groups is 2. The van der Waals surface area contributed by atoms with Crippen molar-refractivity contribution in [2.45, 2.75) is 19.8 Å². The molecule has 0 aliphatic heterocycles. The van der Waals surface area contributed by atoms with Gasteiger partial charge in [-0.25, -0.2) is 9.78 Å². The molecule has 1 aromatic rings. The highest BCUT2D eigenvalue weighted by atomic mass is 32.1. The molecular formula is C9H13N3O3S. The molecule has 1 rings (SSSR count). The summed E-state index contributed by atoms with van der Waals surface area (Å²) < 4.78 is 0. The first-order valence-electron chi connectivity index (χ1n) is 4.77. The first-order chi connectivity index (χ1) is 7.58. The Hall–Kier alpha value is -1.63. The van der Waals surface area contributed by atoms with Gasteiger partial charge < -0.3 is 10.4 Å². The van der Waals surface area contributed by atoms with Gasteiger partial charge in [-0.3, -0.25) is 10.1 Å². The smallest absolute Gasteiger partial charge is 0.321 e. The Bertz CT molecular complexity index is 378. The molecule has 0 aliphatic rings. The van der Waals surface area contributed by atoms with Crippen molar-refractivity contribution in [1.82, 2.24) is 10.3 Å². The maximum atomic E-state index is 11.3. The number of nitrogens with one attached hydrogen (secondary N) is 2. The van der Waals surface area contributed by atoms with E-state index in [0.717, 1.165) is 4.88 Å². The fourth-order valence-electron chi connectivity index (χ4n) is 0.995. The maximum absolute atomic E-state index is 11.3. The minimum atomic E-state index is -0.863. The van der Waals surface area contributed by atoms with E-state index in [1.54, 1.807) is 6.20 Å². The Balaban J connectivity index is 2.18. The molecule has 0 radical (unpaired) electrons. The van der Waals surface area contributed by atoms with Crippen molar-refractivity contribution >= 4 is 28.5 Å². The Labute approximate surface area is 96.7 Å². The van der Waals surface area contributed by atoms with E-state index in [2.05, 4.69) is 15.6 Å². The zero-order valence-corrected chi connectivity index (χ0v) is 9.63. The number of urea groups is 1. The topological polar surface area (TPSA) is 91.3 Å². The van der Waals surface area contributed by atoms with E-state index >= 15 is 0 Å². The molecule has 6 nitrogen and oxygen atoms in total. The fraction of sp³-hybridized carbons (Fsp3) is 0.444. The van der Waals surface area contributed by atoms with Crippen molar-refractivity contribution in [2.24, 2.45) is 0 Å². The molecule has 0 spiro atoms. The van der Waals surface area contributed by atoms with Crippen molar-refractivity contribution in [3.8, 4) is 0 Å². The van der Waals surface area contributed by atoms with Crippen LogP contribution in [-0.2, 0) is 4.79 Å². The number of aryl methyl sites for hydroxylation is 1. The summed E-state index contributed by atoms with van der Waals surface area (Å²) >= 11 is 1.38. The summed E-state index contributed by atoms with van der Waals surface area (Å²) in [4.78, 5) is 26.4. The zero-order chi connectivity index (χ0) is 12.0. The lowest BCUT2D eigenvalue weighted by Gasteiger charge is -2.03. The molecule has 0 aliphatic carbocycles. The predicted octanol–water partition coefficient (Wildman–Crippen LogP) is 1.44. The van der Waals surface area contributed by atoms with E-state index in [1.807, 2.05) is 6.92 Å². The number of hydrogen-bond donors (Lipinski definition) is 3. The number of aromatic nitrogens is 1. The van der Waals surface area contributed by atoms with E-state index in [1.165, 1.54) is 11.3 Å². The molecule has 16 heavy (non-hydrogen) atoms. The highest BCUT2D eigenvalue weighted by Gasteiger charge is 2.04. The number of aliphatic carboxylic acids is 1. The second-order valence-electron chi connectivity index (χ2n) is 3.15. The van der Waals surface area contributed by atoms with Crippen molar-refractivity contribution < 1.29 is 14.7 Å². The molecule has 0 fully saturated rings. The van der Waals surface area contributed by atoms with Gasteiger partial charge in [0.15, 0.2) is 5.13 Å². The summed E-state index contributed by atoms with van der Waals surface area (Å²) in [5.74, 6) is -0.863. The van der Waals surface area contributed by atoms with Gasteiger partial charge in [-0.2, -0.15) is 0 Å². The minimum Gasteiger partial charge on any atom is -0.481 e. The summed E-state index contributed by atoms with van der Waals surface area (Å²) in [5, 5.41) is 14.0. The summed E-state index contributed by atoms with van der Waals surface area (Å²) in [6.07, 6.45) is 2.14. The molecular weight excluding hydrogens is 230 g/mol. The highest BCUT2D eigenvalue weighted by Crippen LogP contribution is 2.15. The number of carboxylic acid groups (broad SMARTS) is 1. The summed E-state index contributed by atoms with van der Waals surface area (Å²) in [6, 6.07) is -0.361. The first kappa shape index (κ1) is 12.4. The highest BCUT2D eigenvalue weighted by molar-refractivity contribution is 7.15. The van der Waals surface area contributed by atoms with Crippen LogP contribution < -0.4 is 10.6 Å². The van der Waals surface area contributed by atoms with Crippen molar-refractivity contribution in [3.05, 3.63) is 11.1 Å². The Morgan fingerprint density at radius 3 is 2.88 bits per heavy atom. The van der Waals surface area contributed by atoms with Crippen LogP contribution in [0.5, 0.6) is 0 Å². The summed E-state index contributed by atoms with van der Waals surface area (Å²) in [7, 11) is 0. The van der Waals surface area contributed by atoms with Gasteiger partial charge in [0.05, 0.1) is 0 Å². The third-order valence-electron chi connectivity index (χ3n) is 1.69. The lowest BCUT2D eigenvalue weighted by Crippen LogP contribution is -2.29. The van der Waals surface area contributed by atoms with Crippen LogP contribution in [0.15, 0.2) is 6.20 Å². The van der Waals surface area contributed by atoms with E-state index in [4.69, 9.17) is 5.11 Å². The van der Waals surface area contributed by atoms with Gasteiger partial charge in [0, 0.05) is 24.0 Å². The number of carbonyl (C=O) groups excluding carboxylic acids is 1. The molecule has 88 valence electrons. The van der Waals surface area contributed by atoms with Crippen LogP contribution in [0.25, 0.3) is 0 Å². The zero-order valence-electron chi connectivity index (χ0n) is 8.82. The number of thiazole rings is 1. The van der Waals surface area contributed by atoms with Crippen LogP contribution in [-0.4, -0.2) is 28.6 Å². The number of carboxylic acids is 1. The van der Waals surface area contributed by atoms with Gasteiger partial charge in [-0.05, 0) is 13.3 Å². The Morgan fingerprint density at radius 2 is 2.31 bits per heavy atom. The molecule has 3 N–H and O–H groups in total. The molecule has 7 heteroatoms. The first-order valence-corrected chi connectivity index (χ1v) is 5.58. The second kappa shape index (κ2) is 6.06. The fourth-order valence-corrected chi connectivity index (χ4v) is 1.65. The van der Waals surface area contributed by atoms with Gasteiger partial charge >= 0.3 is 12.0 Å². The van der Waals surface area contributed by atoms with Gasteiger partial charge in [0.2, 0.25) is 0 Å². The van der Waals surface area contributed by atoms with Crippen molar-refractivity contribution in [1.29, 1.82) is 0 Å².